The number of esters is 1. The summed E-state index contributed by atoms with van der Waals surface area (Å²) < 4.78 is 15.5. The fraction of sp³-hybridized carbons (Fsp3) is 0.562. The van der Waals surface area contributed by atoms with Crippen molar-refractivity contribution in [3.63, 3.8) is 0 Å². The minimum Gasteiger partial charge on any atom is -0.469 e. The maximum atomic E-state index is 11.9. The van der Waals surface area contributed by atoms with Crippen LogP contribution in [0.1, 0.15) is 36.3 Å². The van der Waals surface area contributed by atoms with Crippen LogP contribution in [0.5, 0.6) is 5.75 Å². The van der Waals surface area contributed by atoms with Gasteiger partial charge >= 0.3 is 5.97 Å². The van der Waals surface area contributed by atoms with E-state index in [1.807, 2.05) is 19.1 Å². The number of methoxy groups -OCH3 is 2. The van der Waals surface area contributed by atoms with E-state index in [2.05, 4.69) is 6.07 Å². The molecule has 1 aliphatic rings. The van der Waals surface area contributed by atoms with Gasteiger partial charge in [0.05, 0.1) is 13.0 Å². The lowest BCUT2D eigenvalue weighted by Crippen LogP contribution is -2.19. The molecule has 0 amide bonds. The summed E-state index contributed by atoms with van der Waals surface area (Å²) in [5.74, 6) is 0.797. The number of rotatable bonds is 5. The molecule has 0 spiro atoms. The highest BCUT2D eigenvalue weighted by Gasteiger charge is 2.36. The van der Waals surface area contributed by atoms with Gasteiger partial charge in [0.2, 0.25) is 0 Å². The summed E-state index contributed by atoms with van der Waals surface area (Å²) in [6.07, 6.45) is 2.92. The molecular formula is C16H22O4. The van der Waals surface area contributed by atoms with Gasteiger partial charge in [0, 0.05) is 13.0 Å². The lowest BCUT2D eigenvalue weighted by Gasteiger charge is -2.21. The summed E-state index contributed by atoms with van der Waals surface area (Å²) in [6.45, 7) is 2.26. The van der Waals surface area contributed by atoms with Crippen LogP contribution < -0.4 is 4.74 Å². The SMILES string of the molecule is COCOc1ccc(C)cc1[C@@H]1CCC[C@@H]1C(=O)OC. The number of benzene rings is 1. The molecule has 0 bridgehead atoms. The van der Waals surface area contributed by atoms with E-state index in [0.717, 1.165) is 30.6 Å². The van der Waals surface area contributed by atoms with E-state index in [4.69, 9.17) is 14.2 Å². The van der Waals surface area contributed by atoms with E-state index in [0.29, 0.717) is 0 Å². The molecule has 4 nitrogen and oxygen atoms in total. The van der Waals surface area contributed by atoms with Crippen molar-refractivity contribution in [1.29, 1.82) is 0 Å². The fourth-order valence-electron chi connectivity index (χ4n) is 2.98. The quantitative estimate of drug-likeness (QED) is 0.613. The summed E-state index contributed by atoms with van der Waals surface area (Å²) in [7, 11) is 3.05. The summed E-state index contributed by atoms with van der Waals surface area (Å²) in [6, 6.07) is 6.07. The first-order chi connectivity index (χ1) is 9.67. The highest BCUT2D eigenvalue weighted by atomic mass is 16.7. The second-order valence-electron chi connectivity index (χ2n) is 5.26. The number of aryl methyl sites for hydroxylation is 1. The van der Waals surface area contributed by atoms with Crippen molar-refractivity contribution >= 4 is 5.97 Å². The number of ether oxygens (including phenoxy) is 3. The van der Waals surface area contributed by atoms with Crippen LogP contribution in [0, 0.1) is 12.8 Å². The molecule has 110 valence electrons. The van der Waals surface area contributed by atoms with Crippen LogP contribution in [-0.4, -0.2) is 27.0 Å². The van der Waals surface area contributed by atoms with E-state index in [-0.39, 0.29) is 24.6 Å². The van der Waals surface area contributed by atoms with Crippen molar-refractivity contribution < 1.29 is 19.0 Å². The molecule has 2 rings (SSSR count). The van der Waals surface area contributed by atoms with Crippen LogP contribution in [0.3, 0.4) is 0 Å². The predicted molar refractivity (Wildman–Crippen MR) is 75.8 cm³/mol. The van der Waals surface area contributed by atoms with Crippen LogP contribution >= 0.6 is 0 Å². The van der Waals surface area contributed by atoms with Crippen LogP contribution in [0.15, 0.2) is 18.2 Å². The number of carbonyl (C=O) groups is 1. The Bertz CT molecular complexity index is 470. The van der Waals surface area contributed by atoms with Gasteiger partial charge < -0.3 is 14.2 Å². The molecule has 0 aliphatic heterocycles. The van der Waals surface area contributed by atoms with E-state index >= 15 is 0 Å². The van der Waals surface area contributed by atoms with Gasteiger partial charge in [-0.25, -0.2) is 0 Å². The maximum absolute atomic E-state index is 11.9. The van der Waals surface area contributed by atoms with Gasteiger partial charge in [-0.2, -0.15) is 0 Å². The van der Waals surface area contributed by atoms with Crippen molar-refractivity contribution in [2.45, 2.75) is 32.1 Å². The van der Waals surface area contributed by atoms with Gasteiger partial charge in [0.25, 0.3) is 0 Å². The van der Waals surface area contributed by atoms with Crippen molar-refractivity contribution in [3.8, 4) is 5.75 Å². The average molecular weight is 278 g/mol. The van der Waals surface area contributed by atoms with E-state index in [9.17, 15) is 4.79 Å². The monoisotopic (exact) mass is 278 g/mol. The number of hydrogen-bond acceptors (Lipinski definition) is 4. The molecule has 4 heteroatoms. The molecule has 0 heterocycles. The van der Waals surface area contributed by atoms with Gasteiger partial charge in [-0.3, -0.25) is 4.79 Å². The third-order valence-electron chi connectivity index (χ3n) is 3.92. The third-order valence-corrected chi connectivity index (χ3v) is 3.92. The Morgan fingerprint density at radius 2 is 2.10 bits per heavy atom. The number of carbonyl (C=O) groups excluding carboxylic acids is 1. The van der Waals surface area contributed by atoms with Gasteiger partial charge in [0.1, 0.15) is 5.75 Å². The van der Waals surface area contributed by atoms with E-state index < -0.39 is 0 Å². The molecular weight excluding hydrogens is 256 g/mol. The second-order valence-corrected chi connectivity index (χ2v) is 5.26. The molecule has 2 atom stereocenters. The van der Waals surface area contributed by atoms with Crippen LogP contribution in [0.2, 0.25) is 0 Å². The molecule has 0 unspecified atom stereocenters. The van der Waals surface area contributed by atoms with Crippen LogP contribution in [-0.2, 0) is 14.3 Å². The Morgan fingerprint density at radius 1 is 1.30 bits per heavy atom. The Hall–Kier alpha value is -1.55. The molecule has 1 fully saturated rings. The summed E-state index contributed by atoms with van der Waals surface area (Å²) in [5.41, 5.74) is 2.26. The highest BCUT2D eigenvalue weighted by molar-refractivity contribution is 5.74. The lowest BCUT2D eigenvalue weighted by atomic mass is 9.87. The van der Waals surface area contributed by atoms with E-state index in [1.54, 1.807) is 7.11 Å². The first-order valence-corrected chi connectivity index (χ1v) is 6.97. The fourth-order valence-corrected chi connectivity index (χ4v) is 2.98. The van der Waals surface area contributed by atoms with Gasteiger partial charge in [-0.05, 0) is 31.4 Å². The molecule has 1 saturated carbocycles. The first kappa shape index (κ1) is 14.9. The Balaban J connectivity index is 2.29. The highest BCUT2D eigenvalue weighted by Crippen LogP contribution is 2.43. The zero-order valence-electron chi connectivity index (χ0n) is 12.3. The van der Waals surface area contributed by atoms with Gasteiger partial charge in [0.15, 0.2) is 6.79 Å². The second kappa shape index (κ2) is 6.75. The van der Waals surface area contributed by atoms with Gasteiger partial charge in [-0.15, -0.1) is 0 Å². The molecule has 1 aliphatic carbocycles. The van der Waals surface area contributed by atoms with Crippen molar-refractivity contribution in [2.75, 3.05) is 21.0 Å². The Kier molecular flexibility index (Phi) is 5.01. The molecule has 0 N–H and O–H groups in total. The Morgan fingerprint density at radius 3 is 2.80 bits per heavy atom. The van der Waals surface area contributed by atoms with Crippen molar-refractivity contribution in [2.24, 2.45) is 5.92 Å². The largest absolute Gasteiger partial charge is 0.469 e. The predicted octanol–water partition coefficient (Wildman–Crippen LogP) is 3.03. The lowest BCUT2D eigenvalue weighted by molar-refractivity contribution is -0.145. The molecule has 0 aromatic heterocycles. The smallest absolute Gasteiger partial charge is 0.309 e. The minimum absolute atomic E-state index is 0.0632. The molecule has 0 saturated heterocycles. The standard InChI is InChI=1S/C16H22O4/c1-11-7-8-15(20-10-18-2)14(9-11)12-5-4-6-13(12)16(17)19-3/h7-9,12-13H,4-6,10H2,1-3H3/t12-,13+/m1/s1. The van der Waals surface area contributed by atoms with Crippen molar-refractivity contribution in [3.05, 3.63) is 29.3 Å². The molecule has 1 aromatic rings. The zero-order chi connectivity index (χ0) is 14.5. The summed E-state index contributed by atoms with van der Waals surface area (Å²) in [4.78, 5) is 11.9. The molecule has 20 heavy (non-hydrogen) atoms. The minimum atomic E-state index is -0.119. The van der Waals surface area contributed by atoms with Crippen molar-refractivity contribution in [1.82, 2.24) is 0 Å². The zero-order valence-corrected chi connectivity index (χ0v) is 12.3. The number of hydrogen-bond donors (Lipinski definition) is 0. The summed E-state index contributed by atoms with van der Waals surface area (Å²) in [5, 5.41) is 0. The van der Waals surface area contributed by atoms with Crippen LogP contribution in [0.25, 0.3) is 0 Å². The molecule has 0 radical (unpaired) electrons. The third kappa shape index (κ3) is 3.12. The average Bonchev–Trinajstić information content (AvgIpc) is 2.94. The first-order valence-electron chi connectivity index (χ1n) is 6.97. The maximum Gasteiger partial charge on any atom is 0.309 e. The van der Waals surface area contributed by atoms with E-state index in [1.165, 1.54) is 12.7 Å². The normalized spacial score (nSPS) is 21.8. The molecule has 1 aromatic carbocycles. The van der Waals surface area contributed by atoms with Crippen LogP contribution in [0.4, 0.5) is 0 Å². The van der Waals surface area contributed by atoms with Gasteiger partial charge in [-0.1, -0.05) is 24.1 Å². The topological polar surface area (TPSA) is 44.8 Å². The Labute approximate surface area is 120 Å². The summed E-state index contributed by atoms with van der Waals surface area (Å²) >= 11 is 0.